The minimum atomic E-state index is -0.976. The number of nitrogens with zero attached hydrogens (tertiary/aromatic N) is 4. The van der Waals surface area contributed by atoms with E-state index in [9.17, 15) is 19.8 Å². The van der Waals surface area contributed by atoms with Crippen LogP contribution in [-0.2, 0) is 11.2 Å². The molecule has 3 unspecified atom stereocenters. The molecule has 2 aliphatic heterocycles. The van der Waals surface area contributed by atoms with Crippen LogP contribution >= 0.6 is 15.9 Å². The second-order valence-corrected chi connectivity index (χ2v) is 9.32. The van der Waals surface area contributed by atoms with Crippen LogP contribution in [0, 0.1) is 0 Å². The molecule has 0 radical (unpaired) electrons. The van der Waals surface area contributed by atoms with Gasteiger partial charge in [-0.15, -0.1) is 0 Å². The number of phenolic OH excluding ortho intramolecular Hbond substituents is 1. The van der Waals surface area contributed by atoms with Crippen molar-refractivity contribution < 1.29 is 24.5 Å². The molecule has 0 bridgehead atoms. The number of aliphatic hydroxyl groups is 1. The summed E-state index contributed by atoms with van der Waals surface area (Å²) in [6, 6.07) is 11.1. The van der Waals surface area contributed by atoms with E-state index in [1.807, 2.05) is 24.3 Å². The number of likely N-dealkylation sites (N-methyl/N-ethyl adjacent to an activating group) is 1. The maximum atomic E-state index is 12.7. The van der Waals surface area contributed by atoms with Crippen molar-refractivity contribution in [2.24, 2.45) is 10.1 Å². The summed E-state index contributed by atoms with van der Waals surface area (Å²) in [6.07, 6.45) is 0.545. The summed E-state index contributed by atoms with van der Waals surface area (Å²) >= 11 is 3.34. The lowest BCUT2D eigenvalue weighted by Gasteiger charge is -2.36. The Morgan fingerprint density at radius 2 is 2.03 bits per heavy atom. The summed E-state index contributed by atoms with van der Waals surface area (Å²) in [5.74, 6) is 0.322. The van der Waals surface area contributed by atoms with E-state index in [0.29, 0.717) is 11.3 Å². The molecular weight excluding hydrogens is 532 g/mol. The van der Waals surface area contributed by atoms with Crippen molar-refractivity contribution in [2.75, 3.05) is 20.2 Å². The van der Waals surface area contributed by atoms with E-state index in [1.54, 1.807) is 17.0 Å². The number of hydrogen-bond donors (Lipinski definition) is 4. The molecule has 4 rings (SSSR count). The summed E-state index contributed by atoms with van der Waals surface area (Å²) in [5.41, 5.74) is 4.41. The van der Waals surface area contributed by atoms with E-state index in [0.717, 1.165) is 10.9 Å². The number of rotatable bonds is 8. The molecular formula is C24H27BrN6O5. The summed E-state index contributed by atoms with van der Waals surface area (Å²) in [4.78, 5) is 32.1. The number of carbonyl (C=O) groups is 2. The van der Waals surface area contributed by atoms with Crippen molar-refractivity contribution in [1.29, 1.82) is 0 Å². The van der Waals surface area contributed by atoms with Crippen molar-refractivity contribution in [3.05, 3.63) is 58.1 Å². The van der Waals surface area contributed by atoms with Gasteiger partial charge < -0.3 is 24.7 Å². The van der Waals surface area contributed by atoms with Crippen LogP contribution in [-0.4, -0.2) is 82.6 Å². The van der Waals surface area contributed by atoms with Gasteiger partial charge in [-0.1, -0.05) is 35.0 Å². The lowest BCUT2D eigenvalue weighted by Crippen LogP contribution is -2.64. The number of ether oxygens (including phenoxy) is 1. The molecule has 1 saturated heterocycles. The van der Waals surface area contributed by atoms with Gasteiger partial charge in [0.05, 0.1) is 12.8 Å². The second kappa shape index (κ2) is 11.0. The van der Waals surface area contributed by atoms with Crippen LogP contribution in [0.1, 0.15) is 18.1 Å². The zero-order valence-electron chi connectivity index (χ0n) is 19.8. The number of hydrogen-bond acceptors (Lipinski definition) is 9. The van der Waals surface area contributed by atoms with Crippen molar-refractivity contribution in [3.8, 4) is 11.5 Å². The predicted molar refractivity (Wildman–Crippen MR) is 137 cm³/mol. The quantitative estimate of drug-likeness (QED) is 0.285. The number of β-amino-alcohol motifs (C(OH)–C–C–N with tert-alkyl or cyclic N) is 1. The third-order valence-electron chi connectivity index (χ3n) is 5.90. The fourth-order valence-corrected chi connectivity index (χ4v) is 4.28. The first kappa shape index (κ1) is 25.5. The van der Waals surface area contributed by atoms with E-state index in [4.69, 9.17) is 4.74 Å². The van der Waals surface area contributed by atoms with Crippen molar-refractivity contribution >= 4 is 40.0 Å². The van der Waals surface area contributed by atoms with Crippen LogP contribution in [0.15, 0.2) is 57.0 Å². The zero-order valence-corrected chi connectivity index (χ0v) is 21.3. The monoisotopic (exact) mass is 558 g/mol. The Labute approximate surface area is 216 Å². The van der Waals surface area contributed by atoms with Crippen molar-refractivity contribution in [2.45, 2.75) is 31.7 Å². The number of phenols is 1. The van der Waals surface area contributed by atoms with Crippen LogP contribution in [0.5, 0.6) is 11.5 Å². The van der Waals surface area contributed by atoms with Gasteiger partial charge in [0.1, 0.15) is 24.2 Å². The molecule has 0 aliphatic carbocycles. The van der Waals surface area contributed by atoms with Gasteiger partial charge in [-0.05, 0) is 42.3 Å². The number of benzene rings is 2. The predicted octanol–water partition coefficient (Wildman–Crippen LogP) is 1.63. The molecule has 2 aliphatic rings. The Hall–Kier alpha value is -3.64. The number of halogens is 1. The molecule has 11 nitrogen and oxygen atoms in total. The maximum absolute atomic E-state index is 12.7. The third kappa shape index (κ3) is 5.60. The molecule has 3 atom stereocenters. The topological polar surface area (TPSA) is 139 Å². The smallest absolute Gasteiger partial charge is 0.325 e. The SMILES string of the molecule is CCc1ccc(OCC(O)CN2C(N/N=C\c3cc(Br)ccc3O)=NC3C2C(=O)NC(=O)N3C)cc1. The van der Waals surface area contributed by atoms with E-state index >= 15 is 0 Å². The number of fused-ring (bicyclic) bond motifs is 1. The highest BCUT2D eigenvalue weighted by Crippen LogP contribution is 2.24. The number of urea groups is 1. The van der Waals surface area contributed by atoms with Gasteiger partial charge in [0.15, 0.2) is 12.2 Å². The van der Waals surface area contributed by atoms with Crippen molar-refractivity contribution in [1.82, 2.24) is 20.5 Å². The number of guanidine groups is 1. The molecule has 0 aromatic heterocycles. The molecule has 1 fully saturated rings. The second-order valence-electron chi connectivity index (χ2n) is 8.40. The Morgan fingerprint density at radius 1 is 1.28 bits per heavy atom. The number of nitrogens with one attached hydrogen (secondary N) is 2. The van der Waals surface area contributed by atoms with Gasteiger partial charge in [-0.3, -0.25) is 10.1 Å². The lowest BCUT2D eigenvalue weighted by atomic mass is 10.1. The highest BCUT2D eigenvalue weighted by molar-refractivity contribution is 9.10. The largest absolute Gasteiger partial charge is 0.507 e. The van der Waals surface area contributed by atoms with E-state index in [-0.39, 0.29) is 24.9 Å². The van der Waals surface area contributed by atoms with Crippen LogP contribution < -0.4 is 15.5 Å². The molecule has 4 N–H and O–H groups in total. The molecule has 2 aromatic rings. The summed E-state index contributed by atoms with van der Waals surface area (Å²) < 4.78 is 6.47. The number of carbonyl (C=O) groups excluding carboxylic acids is 2. The van der Waals surface area contributed by atoms with E-state index < -0.39 is 30.2 Å². The van der Waals surface area contributed by atoms with Crippen molar-refractivity contribution in [3.63, 3.8) is 0 Å². The average Bonchev–Trinajstić information content (AvgIpc) is 3.22. The Bertz CT molecular complexity index is 1190. The molecule has 2 heterocycles. The number of amides is 3. The first-order chi connectivity index (χ1) is 17.3. The normalized spacial score (nSPS) is 20.3. The van der Waals surface area contributed by atoms with Gasteiger partial charge in [0.25, 0.3) is 5.91 Å². The van der Waals surface area contributed by atoms with Gasteiger partial charge in [0.2, 0.25) is 5.96 Å². The molecule has 12 heteroatoms. The van der Waals surface area contributed by atoms with Crippen LogP contribution in [0.2, 0.25) is 0 Å². The molecule has 36 heavy (non-hydrogen) atoms. The highest BCUT2D eigenvalue weighted by Gasteiger charge is 2.49. The number of aromatic hydroxyl groups is 1. The Morgan fingerprint density at radius 3 is 2.75 bits per heavy atom. The third-order valence-corrected chi connectivity index (χ3v) is 6.39. The molecule has 3 amide bonds. The van der Waals surface area contributed by atoms with Crippen LogP contribution in [0.4, 0.5) is 4.79 Å². The number of imide groups is 1. The lowest BCUT2D eigenvalue weighted by molar-refractivity contribution is -0.127. The van der Waals surface area contributed by atoms with Crippen LogP contribution in [0.25, 0.3) is 0 Å². The first-order valence-electron chi connectivity index (χ1n) is 11.4. The number of aryl methyl sites for hydroxylation is 1. The average molecular weight is 559 g/mol. The fourth-order valence-electron chi connectivity index (χ4n) is 3.90. The van der Waals surface area contributed by atoms with Gasteiger partial charge in [-0.25, -0.2) is 15.2 Å². The summed E-state index contributed by atoms with van der Waals surface area (Å²) in [7, 11) is 1.53. The first-order valence-corrected chi connectivity index (χ1v) is 12.2. The molecule has 0 saturated carbocycles. The van der Waals surface area contributed by atoms with E-state index in [1.165, 1.54) is 29.8 Å². The van der Waals surface area contributed by atoms with E-state index in [2.05, 4.69) is 43.7 Å². The van der Waals surface area contributed by atoms with Gasteiger partial charge >= 0.3 is 6.03 Å². The maximum Gasteiger partial charge on any atom is 0.325 e. The van der Waals surface area contributed by atoms with Gasteiger partial charge in [0, 0.05) is 17.1 Å². The van der Waals surface area contributed by atoms with Gasteiger partial charge in [-0.2, -0.15) is 5.10 Å². The minimum absolute atomic E-state index is 0.00680. The standard InChI is InChI=1S/C24H27BrN6O5/c1-3-14-4-7-18(8-5-14)36-13-17(32)12-31-20-21(30(2)24(35)28-22(20)34)27-23(31)29-26-11-15-10-16(25)6-9-19(15)33/h4-11,17,20-21,32-33H,3,12-13H2,1-2H3,(H,27,29)(H,28,34,35)/b26-11-. The number of hydrazone groups is 1. The fraction of sp³-hybridized carbons (Fsp3) is 0.333. The highest BCUT2D eigenvalue weighted by atomic mass is 79.9. The molecule has 0 spiro atoms. The summed E-state index contributed by atoms with van der Waals surface area (Å²) in [6.45, 7) is 2.04. The molecule has 2 aromatic carbocycles. The minimum Gasteiger partial charge on any atom is -0.507 e. The number of aliphatic imine (C=N–C) groups is 1. The zero-order chi connectivity index (χ0) is 25.8. The Kier molecular flexibility index (Phi) is 7.75. The number of aliphatic hydroxyl groups excluding tert-OH is 1. The van der Waals surface area contributed by atoms with Crippen LogP contribution in [0.3, 0.4) is 0 Å². The molecule has 190 valence electrons. The Balaban J connectivity index is 1.48. The summed E-state index contributed by atoms with van der Waals surface area (Å²) in [5, 5.41) is 27.2.